The van der Waals surface area contributed by atoms with E-state index in [1.54, 1.807) is 11.8 Å². The fourth-order valence-electron chi connectivity index (χ4n) is 2.91. The Labute approximate surface area is 139 Å². The molecule has 3 nitrogen and oxygen atoms in total. The summed E-state index contributed by atoms with van der Waals surface area (Å²) in [6.07, 6.45) is 0. The summed E-state index contributed by atoms with van der Waals surface area (Å²) in [6, 6.07) is 18.1. The van der Waals surface area contributed by atoms with Crippen molar-refractivity contribution in [2.45, 2.75) is 12.3 Å². The number of hydrogen-bond acceptors (Lipinski definition) is 3. The third-order valence-corrected chi connectivity index (χ3v) is 5.21. The van der Waals surface area contributed by atoms with Crippen molar-refractivity contribution < 1.29 is 4.79 Å². The molecule has 4 heteroatoms. The van der Waals surface area contributed by atoms with Crippen molar-refractivity contribution in [2.24, 2.45) is 10.9 Å². The first-order valence-corrected chi connectivity index (χ1v) is 8.53. The van der Waals surface area contributed by atoms with Gasteiger partial charge in [0.2, 0.25) is 5.91 Å². The molecule has 2 aliphatic rings. The monoisotopic (exact) mass is 320 g/mol. The molecule has 0 unspecified atom stereocenters. The minimum Gasteiger partial charge on any atom is -0.310 e. The summed E-state index contributed by atoms with van der Waals surface area (Å²) < 4.78 is 0. The Kier molecular flexibility index (Phi) is 3.54. The fourth-order valence-corrected chi connectivity index (χ4v) is 4.08. The molecule has 2 atom stereocenters. The summed E-state index contributed by atoms with van der Waals surface area (Å²) in [5.41, 5.74) is 4.30. The minimum atomic E-state index is -0.211. The molecule has 23 heavy (non-hydrogen) atoms. The predicted octanol–water partition coefficient (Wildman–Crippen LogP) is 3.60. The zero-order valence-corrected chi connectivity index (χ0v) is 13.5. The molecule has 0 radical (unpaired) electrons. The number of thioether (sulfide) groups is 1. The maximum atomic E-state index is 12.7. The van der Waals surface area contributed by atoms with Crippen molar-refractivity contribution in [3.63, 3.8) is 0 Å². The molecule has 0 bridgehead atoms. The van der Waals surface area contributed by atoms with Crippen LogP contribution >= 0.6 is 11.8 Å². The van der Waals surface area contributed by atoms with Gasteiger partial charge >= 0.3 is 0 Å². The maximum absolute atomic E-state index is 12.7. The quantitative estimate of drug-likeness (QED) is 0.918. The number of benzene rings is 2. The largest absolute Gasteiger partial charge is 0.310 e. The van der Waals surface area contributed by atoms with Crippen molar-refractivity contribution in [3.05, 3.63) is 76.7 Å². The minimum absolute atomic E-state index is 0.0284. The Morgan fingerprint density at radius 2 is 1.74 bits per heavy atom. The van der Waals surface area contributed by atoms with Crippen LogP contribution in [0.2, 0.25) is 0 Å². The summed E-state index contributed by atoms with van der Waals surface area (Å²) in [4.78, 5) is 17.4. The van der Waals surface area contributed by atoms with Gasteiger partial charge in [-0.15, -0.1) is 11.8 Å². The van der Waals surface area contributed by atoms with Gasteiger partial charge in [0.1, 0.15) is 11.2 Å². The lowest BCUT2D eigenvalue weighted by atomic mass is 9.92. The standard InChI is InChI=1S/C19H16N2OS/c1-12-7-9-14(10-8-12)17-20-18(22)16-15(11-23-19(16)21-17)13-5-3-2-4-6-13/h2-11,16,19H,1H3,(H,20,21,22)/t16-,19+/m0/s1. The van der Waals surface area contributed by atoms with Gasteiger partial charge in [0.25, 0.3) is 0 Å². The average Bonchev–Trinajstić information content (AvgIpc) is 3.01. The first kappa shape index (κ1) is 14.3. The second-order valence-corrected chi connectivity index (χ2v) is 6.77. The molecule has 0 saturated heterocycles. The van der Waals surface area contributed by atoms with Gasteiger partial charge in [-0.25, -0.2) is 0 Å². The van der Waals surface area contributed by atoms with Gasteiger partial charge in [-0.3, -0.25) is 9.79 Å². The zero-order valence-electron chi connectivity index (χ0n) is 12.7. The Hall–Kier alpha value is -2.33. The number of rotatable bonds is 2. The first-order valence-electron chi connectivity index (χ1n) is 7.59. The van der Waals surface area contributed by atoms with Crippen molar-refractivity contribution in [3.8, 4) is 0 Å². The van der Waals surface area contributed by atoms with E-state index in [0.717, 1.165) is 16.7 Å². The molecule has 2 heterocycles. The molecule has 0 aliphatic carbocycles. The van der Waals surface area contributed by atoms with Gasteiger partial charge in [0.15, 0.2) is 0 Å². The van der Waals surface area contributed by atoms with E-state index in [9.17, 15) is 4.79 Å². The van der Waals surface area contributed by atoms with E-state index in [1.165, 1.54) is 5.56 Å². The van der Waals surface area contributed by atoms with Crippen LogP contribution in [0.1, 0.15) is 16.7 Å². The Bertz CT molecular complexity index is 809. The number of fused-ring (bicyclic) bond motifs is 1. The summed E-state index contributed by atoms with van der Waals surface area (Å²) in [6.45, 7) is 2.05. The van der Waals surface area contributed by atoms with Crippen LogP contribution in [-0.2, 0) is 4.79 Å². The number of aryl methyl sites for hydroxylation is 1. The lowest BCUT2D eigenvalue weighted by molar-refractivity contribution is -0.122. The van der Waals surface area contributed by atoms with Crippen LogP contribution in [0.5, 0.6) is 0 Å². The van der Waals surface area contributed by atoms with Crippen LogP contribution in [0.4, 0.5) is 0 Å². The van der Waals surface area contributed by atoms with Gasteiger partial charge in [-0.2, -0.15) is 0 Å². The number of carbonyl (C=O) groups excluding carboxylic acids is 1. The number of aliphatic imine (C=N–C) groups is 1. The predicted molar refractivity (Wildman–Crippen MR) is 95.1 cm³/mol. The van der Waals surface area contributed by atoms with Crippen LogP contribution in [0.3, 0.4) is 0 Å². The van der Waals surface area contributed by atoms with Crippen molar-refractivity contribution >= 4 is 29.1 Å². The van der Waals surface area contributed by atoms with Crippen molar-refractivity contribution in [1.82, 2.24) is 5.32 Å². The third-order valence-electron chi connectivity index (χ3n) is 4.17. The van der Waals surface area contributed by atoms with E-state index in [0.29, 0.717) is 5.84 Å². The normalized spacial score (nSPS) is 22.9. The Balaban J connectivity index is 1.65. The van der Waals surface area contributed by atoms with Gasteiger partial charge in [0.05, 0.1) is 5.92 Å². The summed E-state index contributed by atoms with van der Waals surface area (Å²) in [5, 5.41) is 4.98. The SMILES string of the molecule is Cc1ccc(C2=N[C@@H]3SC=C(c4ccccc4)[C@H]3C(=O)N2)cc1. The van der Waals surface area contributed by atoms with Gasteiger partial charge in [0, 0.05) is 5.56 Å². The molecule has 0 aromatic heterocycles. The molecule has 1 amide bonds. The Morgan fingerprint density at radius 1 is 1.00 bits per heavy atom. The highest BCUT2D eigenvalue weighted by atomic mass is 32.2. The second-order valence-electron chi connectivity index (χ2n) is 5.78. The number of nitrogens with zero attached hydrogens (tertiary/aromatic N) is 1. The number of amides is 1. The molecule has 114 valence electrons. The first-order chi connectivity index (χ1) is 11.2. The number of nitrogens with one attached hydrogen (secondary N) is 1. The van der Waals surface area contributed by atoms with Crippen LogP contribution in [-0.4, -0.2) is 17.1 Å². The number of amidine groups is 1. The molecule has 4 rings (SSSR count). The highest BCUT2D eigenvalue weighted by Gasteiger charge is 2.40. The van der Waals surface area contributed by atoms with E-state index >= 15 is 0 Å². The smallest absolute Gasteiger partial charge is 0.236 e. The molecular formula is C19H16N2OS. The van der Waals surface area contributed by atoms with E-state index in [1.807, 2.05) is 61.5 Å². The molecule has 2 aromatic rings. The van der Waals surface area contributed by atoms with Gasteiger partial charge in [-0.1, -0.05) is 60.2 Å². The lowest BCUT2D eigenvalue weighted by Crippen LogP contribution is -2.44. The topological polar surface area (TPSA) is 41.5 Å². The Morgan fingerprint density at radius 3 is 2.48 bits per heavy atom. The molecule has 0 spiro atoms. The van der Waals surface area contributed by atoms with Crippen LogP contribution in [0.25, 0.3) is 5.57 Å². The van der Waals surface area contributed by atoms with Crippen molar-refractivity contribution in [2.75, 3.05) is 0 Å². The van der Waals surface area contributed by atoms with E-state index in [2.05, 4.69) is 10.7 Å². The number of carbonyl (C=O) groups is 1. The number of hydrogen-bond donors (Lipinski definition) is 1. The van der Waals surface area contributed by atoms with Gasteiger partial charge in [-0.05, 0) is 23.5 Å². The molecule has 0 saturated carbocycles. The highest BCUT2D eigenvalue weighted by Crippen LogP contribution is 2.43. The highest BCUT2D eigenvalue weighted by molar-refractivity contribution is 8.03. The summed E-state index contributed by atoms with van der Waals surface area (Å²) >= 11 is 1.62. The molecule has 2 aliphatic heterocycles. The van der Waals surface area contributed by atoms with E-state index in [4.69, 9.17) is 4.99 Å². The van der Waals surface area contributed by atoms with Crippen molar-refractivity contribution in [1.29, 1.82) is 0 Å². The second kappa shape index (κ2) is 5.70. The molecular weight excluding hydrogens is 304 g/mol. The van der Waals surface area contributed by atoms with Crippen LogP contribution in [0, 0.1) is 12.8 Å². The van der Waals surface area contributed by atoms with E-state index in [-0.39, 0.29) is 17.2 Å². The lowest BCUT2D eigenvalue weighted by Gasteiger charge is -2.25. The van der Waals surface area contributed by atoms with E-state index < -0.39 is 0 Å². The summed E-state index contributed by atoms with van der Waals surface area (Å²) in [7, 11) is 0. The summed E-state index contributed by atoms with van der Waals surface area (Å²) in [5.74, 6) is 0.490. The molecule has 2 aromatic carbocycles. The van der Waals surface area contributed by atoms with Gasteiger partial charge < -0.3 is 5.32 Å². The third kappa shape index (κ3) is 2.59. The van der Waals surface area contributed by atoms with Crippen LogP contribution < -0.4 is 5.32 Å². The van der Waals surface area contributed by atoms with Crippen LogP contribution in [0.15, 0.2) is 65.0 Å². The molecule has 1 N–H and O–H groups in total. The molecule has 0 fully saturated rings. The zero-order chi connectivity index (χ0) is 15.8. The average molecular weight is 320 g/mol. The fraction of sp³-hybridized carbons (Fsp3) is 0.158. The maximum Gasteiger partial charge on any atom is 0.236 e.